The van der Waals surface area contributed by atoms with Crippen LogP contribution in [-0.4, -0.2) is 62.3 Å². The molecule has 1 aliphatic carbocycles. The van der Waals surface area contributed by atoms with Crippen molar-refractivity contribution in [2.75, 3.05) is 42.3 Å². The van der Waals surface area contributed by atoms with Crippen LogP contribution in [0.4, 0.5) is 0 Å². The van der Waals surface area contributed by atoms with Crippen LogP contribution in [-0.2, 0) is 0 Å². The molecule has 0 heterocycles. The first-order valence-corrected chi connectivity index (χ1v) is 8.05. The molecule has 0 aliphatic heterocycles. The maximum atomic E-state index is 3.94. The van der Waals surface area contributed by atoms with E-state index in [1.807, 2.05) is 0 Å². The zero-order chi connectivity index (χ0) is 12.3. The molecule has 4 nitrogen and oxygen atoms in total. The zero-order valence-electron chi connectivity index (χ0n) is 11.7. The standard InChI is InChI=1S/C11H29N4P/c1-13(2)16(14(3)4,15(5)6)12-11-9-7-8-10-11/h11-12,16H,7-10H2,1-6H3. The Bertz CT molecular complexity index is 190. The summed E-state index contributed by atoms with van der Waals surface area (Å²) in [6.45, 7) is 0. The van der Waals surface area contributed by atoms with E-state index in [1.165, 1.54) is 25.7 Å². The van der Waals surface area contributed by atoms with Gasteiger partial charge < -0.3 is 0 Å². The number of rotatable bonds is 5. The SMILES string of the molecule is CN(C)[PH](NC1CCCC1)(N(C)C)N(C)C. The molecule has 16 heavy (non-hydrogen) atoms. The third-order valence-electron chi connectivity index (χ3n) is 3.62. The van der Waals surface area contributed by atoms with Gasteiger partial charge >= 0.3 is 101 Å². The van der Waals surface area contributed by atoms with Crippen molar-refractivity contribution in [2.45, 2.75) is 31.7 Å². The van der Waals surface area contributed by atoms with Gasteiger partial charge in [0.15, 0.2) is 0 Å². The summed E-state index contributed by atoms with van der Waals surface area (Å²) in [6, 6.07) is 0.707. The second kappa shape index (κ2) is 5.74. The van der Waals surface area contributed by atoms with Crippen LogP contribution in [0.3, 0.4) is 0 Å². The molecule has 0 aromatic heterocycles. The van der Waals surface area contributed by atoms with Crippen LogP contribution in [0.15, 0.2) is 0 Å². The predicted molar refractivity (Wildman–Crippen MR) is 74.8 cm³/mol. The first kappa shape index (κ1) is 14.3. The molecule has 0 aromatic rings. The van der Waals surface area contributed by atoms with Crippen LogP contribution in [0.1, 0.15) is 25.7 Å². The molecule has 1 N–H and O–H groups in total. The molecular weight excluding hydrogens is 219 g/mol. The van der Waals surface area contributed by atoms with E-state index in [4.69, 9.17) is 0 Å². The molecule has 0 atom stereocenters. The van der Waals surface area contributed by atoms with Crippen LogP contribution in [0.5, 0.6) is 0 Å². The van der Waals surface area contributed by atoms with Crippen molar-refractivity contribution in [3.63, 3.8) is 0 Å². The van der Waals surface area contributed by atoms with Gasteiger partial charge in [0, 0.05) is 0 Å². The van der Waals surface area contributed by atoms with Crippen LogP contribution < -0.4 is 5.09 Å². The Morgan fingerprint density at radius 3 is 1.50 bits per heavy atom. The molecule has 1 fully saturated rings. The molecule has 5 heteroatoms. The summed E-state index contributed by atoms with van der Waals surface area (Å²) in [7, 11) is 11.3. The third kappa shape index (κ3) is 2.74. The summed E-state index contributed by atoms with van der Waals surface area (Å²) in [5, 5.41) is 3.94. The molecule has 0 spiro atoms. The minimum absolute atomic E-state index is 0.707. The minimum atomic E-state index is -1.84. The monoisotopic (exact) mass is 248 g/mol. The Balaban J connectivity index is 2.82. The first-order chi connectivity index (χ1) is 7.41. The van der Waals surface area contributed by atoms with Crippen LogP contribution >= 0.6 is 7.87 Å². The van der Waals surface area contributed by atoms with Gasteiger partial charge in [-0.1, -0.05) is 0 Å². The zero-order valence-corrected chi connectivity index (χ0v) is 12.7. The molecule has 1 saturated carbocycles. The van der Waals surface area contributed by atoms with Gasteiger partial charge in [-0.15, -0.1) is 0 Å². The van der Waals surface area contributed by atoms with Gasteiger partial charge in [-0.2, -0.15) is 0 Å². The van der Waals surface area contributed by atoms with E-state index in [9.17, 15) is 0 Å². The van der Waals surface area contributed by atoms with E-state index in [0.717, 1.165) is 0 Å². The van der Waals surface area contributed by atoms with E-state index in [1.54, 1.807) is 0 Å². The normalized spacial score (nSPS) is 20.3. The molecular formula is C11H29N4P. The summed E-state index contributed by atoms with van der Waals surface area (Å²) < 4.78 is 7.14. The van der Waals surface area contributed by atoms with Crippen molar-refractivity contribution in [3.8, 4) is 0 Å². The molecule has 0 saturated heterocycles. The van der Waals surface area contributed by atoms with Crippen LogP contribution in [0, 0.1) is 0 Å². The topological polar surface area (TPSA) is 21.8 Å². The van der Waals surface area contributed by atoms with Gasteiger partial charge in [0.05, 0.1) is 0 Å². The Labute approximate surface area is 102 Å². The number of hydrogen-bond acceptors (Lipinski definition) is 4. The summed E-state index contributed by atoms with van der Waals surface area (Å²) in [5.41, 5.74) is 0. The predicted octanol–water partition coefficient (Wildman–Crippen LogP) is 1.61. The first-order valence-electron chi connectivity index (χ1n) is 6.21. The van der Waals surface area contributed by atoms with Gasteiger partial charge in [0.2, 0.25) is 0 Å². The van der Waals surface area contributed by atoms with Crippen molar-refractivity contribution in [1.82, 2.24) is 19.1 Å². The van der Waals surface area contributed by atoms with E-state index < -0.39 is 7.87 Å². The molecule has 0 bridgehead atoms. The summed E-state index contributed by atoms with van der Waals surface area (Å²) in [5.74, 6) is 0. The quantitative estimate of drug-likeness (QED) is 0.746. The molecule has 98 valence electrons. The molecule has 0 unspecified atom stereocenters. The molecule has 1 rings (SSSR count). The van der Waals surface area contributed by atoms with Gasteiger partial charge in [-0.3, -0.25) is 0 Å². The number of nitrogens with zero attached hydrogens (tertiary/aromatic N) is 3. The second-order valence-electron chi connectivity index (χ2n) is 5.44. The molecule has 1 aliphatic rings. The van der Waals surface area contributed by atoms with Crippen molar-refractivity contribution in [1.29, 1.82) is 0 Å². The fourth-order valence-electron chi connectivity index (χ4n) is 2.93. The van der Waals surface area contributed by atoms with Crippen molar-refractivity contribution < 1.29 is 0 Å². The fraction of sp³-hybridized carbons (Fsp3) is 1.00. The average Bonchev–Trinajstić information content (AvgIpc) is 2.64. The number of nitrogens with one attached hydrogen (secondary N) is 1. The Morgan fingerprint density at radius 2 is 1.19 bits per heavy atom. The van der Waals surface area contributed by atoms with Crippen molar-refractivity contribution in [3.05, 3.63) is 0 Å². The molecule has 0 aromatic carbocycles. The third-order valence-corrected chi connectivity index (χ3v) is 8.16. The van der Waals surface area contributed by atoms with E-state index in [0.29, 0.717) is 6.04 Å². The maximum absolute atomic E-state index is 3.94. The Kier molecular flexibility index (Phi) is 5.14. The van der Waals surface area contributed by atoms with Crippen molar-refractivity contribution >= 4 is 7.87 Å². The van der Waals surface area contributed by atoms with Crippen LogP contribution in [0.2, 0.25) is 0 Å². The van der Waals surface area contributed by atoms with E-state index in [2.05, 4.69) is 61.4 Å². The van der Waals surface area contributed by atoms with E-state index >= 15 is 0 Å². The second-order valence-corrected chi connectivity index (χ2v) is 9.69. The average molecular weight is 248 g/mol. The van der Waals surface area contributed by atoms with E-state index in [-0.39, 0.29) is 0 Å². The summed E-state index contributed by atoms with van der Waals surface area (Å²) >= 11 is 0. The van der Waals surface area contributed by atoms with Gasteiger partial charge in [-0.25, -0.2) is 0 Å². The van der Waals surface area contributed by atoms with Gasteiger partial charge in [0.1, 0.15) is 0 Å². The van der Waals surface area contributed by atoms with Gasteiger partial charge in [-0.05, 0) is 0 Å². The Morgan fingerprint density at radius 1 is 0.812 bits per heavy atom. The van der Waals surface area contributed by atoms with Gasteiger partial charge in [0.25, 0.3) is 0 Å². The summed E-state index contributed by atoms with van der Waals surface area (Å²) in [4.78, 5) is 0. The Hall–Kier alpha value is 0.270. The summed E-state index contributed by atoms with van der Waals surface area (Å²) in [6.07, 6.45) is 5.45. The fourth-order valence-corrected chi connectivity index (χ4v) is 6.94. The molecule has 0 radical (unpaired) electrons. The van der Waals surface area contributed by atoms with Crippen molar-refractivity contribution in [2.24, 2.45) is 0 Å². The molecule has 0 amide bonds. The number of hydrogen-bond donors (Lipinski definition) is 1. The van der Waals surface area contributed by atoms with Crippen LogP contribution in [0.25, 0.3) is 0 Å².